The molecule has 1 unspecified atom stereocenters. The Bertz CT molecular complexity index is 711. The predicted octanol–water partition coefficient (Wildman–Crippen LogP) is 8.63. The van der Waals surface area contributed by atoms with Gasteiger partial charge in [0.1, 0.15) is 5.82 Å². The van der Waals surface area contributed by atoms with Crippen LogP contribution in [0.4, 0.5) is 5.82 Å². The number of aliphatic hydroxyl groups excluding tert-OH is 2. The van der Waals surface area contributed by atoms with E-state index in [0.717, 1.165) is 57.3 Å². The lowest BCUT2D eigenvalue weighted by Crippen LogP contribution is -2.31. The van der Waals surface area contributed by atoms with Gasteiger partial charge in [0.25, 0.3) is 0 Å². The van der Waals surface area contributed by atoms with Gasteiger partial charge < -0.3 is 20.3 Å². The van der Waals surface area contributed by atoms with Crippen molar-refractivity contribution in [2.75, 3.05) is 11.9 Å². The lowest BCUT2D eigenvalue weighted by Gasteiger charge is -2.22. The Labute approximate surface area is 244 Å². The van der Waals surface area contributed by atoms with Crippen molar-refractivity contribution >= 4 is 17.4 Å². The van der Waals surface area contributed by atoms with Gasteiger partial charge in [-0.15, -0.1) is 0 Å². The van der Waals surface area contributed by atoms with Gasteiger partial charge in [-0.2, -0.15) is 0 Å². The van der Waals surface area contributed by atoms with Crippen molar-refractivity contribution in [3.8, 4) is 0 Å². The largest absolute Gasteiger partial charge is 0.390 e. The molecule has 0 spiro atoms. The number of rotatable bonds is 25. The zero-order valence-electron chi connectivity index (χ0n) is 24.8. The number of aliphatic hydroxyl groups is 2. The molecular weight excluding hydrogens is 510 g/mol. The molecule has 2 rings (SSSR count). The van der Waals surface area contributed by atoms with Gasteiger partial charge in [-0.25, -0.2) is 9.97 Å². The topological polar surface area (TPSA) is 87.5 Å². The first-order chi connectivity index (χ1) is 19.1. The van der Waals surface area contributed by atoms with Crippen molar-refractivity contribution in [1.29, 1.82) is 0 Å². The molecule has 1 fully saturated rings. The molecule has 1 aliphatic rings. The van der Waals surface area contributed by atoms with Gasteiger partial charge in [0.15, 0.2) is 0 Å². The van der Waals surface area contributed by atoms with E-state index in [-0.39, 0.29) is 29.7 Å². The number of nitrogens with one attached hydrogen (secondary N) is 1. The Morgan fingerprint density at radius 3 is 1.72 bits per heavy atom. The van der Waals surface area contributed by atoms with Crippen molar-refractivity contribution in [2.45, 2.75) is 173 Å². The number of hydrogen-bond donors (Lipinski definition) is 3. The zero-order valence-corrected chi connectivity index (χ0v) is 25.6. The van der Waals surface area contributed by atoms with Crippen LogP contribution >= 0.6 is 11.6 Å². The smallest absolute Gasteiger partial charge is 0.224 e. The molecule has 226 valence electrons. The van der Waals surface area contributed by atoms with E-state index in [4.69, 9.17) is 16.3 Å². The number of hydrogen-bond acceptors (Lipinski definition) is 6. The fraction of sp³-hybridized carbons (Fsp3) is 0.875. The average molecular weight is 568 g/mol. The van der Waals surface area contributed by atoms with Gasteiger partial charge >= 0.3 is 0 Å². The first kappa shape index (κ1) is 34.3. The van der Waals surface area contributed by atoms with Crippen LogP contribution in [0.25, 0.3) is 0 Å². The standard InChI is InChI=1S/C32H58ClN3O3/c1-2-3-4-5-6-8-11-14-17-20-27(37)29-22-23-30(39-29)28(38)21-18-15-12-9-7-10-13-16-19-25-34-31-24-26-35-32(33)36-31/h24,26-30,37-38H,2-23,25H2,1H3,(H,34,35,36)/t27-,28-,29-,30?/m1/s1. The highest BCUT2D eigenvalue weighted by molar-refractivity contribution is 6.28. The molecule has 0 amide bonds. The van der Waals surface area contributed by atoms with Crippen molar-refractivity contribution in [2.24, 2.45) is 0 Å². The van der Waals surface area contributed by atoms with Gasteiger partial charge in [0.2, 0.25) is 5.28 Å². The highest BCUT2D eigenvalue weighted by Gasteiger charge is 2.33. The lowest BCUT2D eigenvalue weighted by atomic mass is 10.00. The van der Waals surface area contributed by atoms with E-state index >= 15 is 0 Å². The number of halogens is 1. The zero-order chi connectivity index (χ0) is 28.0. The fourth-order valence-corrected chi connectivity index (χ4v) is 5.80. The number of ether oxygens (including phenoxy) is 1. The summed E-state index contributed by atoms with van der Waals surface area (Å²) in [7, 11) is 0. The molecule has 3 N–H and O–H groups in total. The molecule has 0 bridgehead atoms. The first-order valence-corrected chi connectivity index (χ1v) is 16.7. The molecule has 1 aromatic rings. The van der Waals surface area contributed by atoms with Crippen LogP contribution in [-0.4, -0.2) is 51.1 Å². The van der Waals surface area contributed by atoms with Gasteiger partial charge in [0, 0.05) is 12.7 Å². The Hall–Kier alpha value is -0.950. The minimum absolute atomic E-state index is 0.0831. The third-order valence-electron chi connectivity index (χ3n) is 8.16. The van der Waals surface area contributed by atoms with E-state index in [0.29, 0.717) is 0 Å². The highest BCUT2D eigenvalue weighted by atomic mass is 35.5. The second-order valence-corrected chi connectivity index (χ2v) is 12.0. The van der Waals surface area contributed by atoms with E-state index in [1.165, 1.54) is 96.3 Å². The quantitative estimate of drug-likeness (QED) is 0.0809. The van der Waals surface area contributed by atoms with Crippen molar-refractivity contribution in [3.63, 3.8) is 0 Å². The van der Waals surface area contributed by atoms with Gasteiger partial charge in [0.05, 0.1) is 24.4 Å². The molecule has 0 aliphatic carbocycles. The van der Waals surface area contributed by atoms with E-state index in [1.54, 1.807) is 6.20 Å². The Balaban J connectivity index is 1.36. The van der Waals surface area contributed by atoms with Gasteiger partial charge in [-0.05, 0) is 49.8 Å². The van der Waals surface area contributed by atoms with Gasteiger partial charge in [-0.1, -0.05) is 116 Å². The van der Waals surface area contributed by atoms with Crippen LogP contribution in [0.5, 0.6) is 0 Å². The summed E-state index contributed by atoms with van der Waals surface area (Å²) in [6.45, 7) is 3.18. The molecule has 1 saturated heterocycles. The molecule has 1 aliphatic heterocycles. The summed E-state index contributed by atoms with van der Waals surface area (Å²) in [5, 5.41) is 24.7. The minimum Gasteiger partial charge on any atom is -0.390 e. The Kier molecular flexibility index (Phi) is 19.9. The second kappa shape index (κ2) is 22.7. The molecule has 6 nitrogen and oxygen atoms in total. The maximum Gasteiger partial charge on any atom is 0.224 e. The van der Waals surface area contributed by atoms with Crippen LogP contribution in [0.1, 0.15) is 148 Å². The van der Waals surface area contributed by atoms with E-state index in [9.17, 15) is 10.2 Å². The molecule has 0 radical (unpaired) electrons. The van der Waals surface area contributed by atoms with Crippen LogP contribution in [0.3, 0.4) is 0 Å². The van der Waals surface area contributed by atoms with E-state index < -0.39 is 0 Å². The molecule has 39 heavy (non-hydrogen) atoms. The number of nitrogens with zero attached hydrogens (tertiary/aromatic N) is 2. The van der Waals surface area contributed by atoms with Crippen molar-refractivity contribution in [1.82, 2.24) is 9.97 Å². The van der Waals surface area contributed by atoms with Crippen LogP contribution in [0.15, 0.2) is 12.3 Å². The highest BCUT2D eigenvalue weighted by Crippen LogP contribution is 2.28. The fourth-order valence-electron chi connectivity index (χ4n) is 5.66. The maximum atomic E-state index is 10.6. The summed E-state index contributed by atoms with van der Waals surface area (Å²) in [5.74, 6) is 0.793. The van der Waals surface area contributed by atoms with Crippen LogP contribution in [-0.2, 0) is 4.74 Å². The lowest BCUT2D eigenvalue weighted by molar-refractivity contribution is -0.0786. The van der Waals surface area contributed by atoms with E-state index in [1.807, 2.05) is 6.07 Å². The molecule has 1 aromatic heterocycles. The summed E-state index contributed by atoms with van der Waals surface area (Å²) in [4.78, 5) is 8.02. The second-order valence-electron chi connectivity index (χ2n) is 11.7. The summed E-state index contributed by atoms with van der Waals surface area (Å²) < 4.78 is 6.08. The minimum atomic E-state index is -0.387. The molecule has 0 aromatic carbocycles. The van der Waals surface area contributed by atoms with E-state index in [2.05, 4.69) is 22.2 Å². The van der Waals surface area contributed by atoms with Crippen molar-refractivity contribution < 1.29 is 14.9 Å². The number of anilines is 1. The third kappa shape index (κ3) is 16.8. The molecule has 7 heteroatoms. The predicted molar refractivity (Wildman–Crippen MR) is 163 cm³/mol. The van der Waals surface area contributed by atoms with Crippen LogP contribution in [0, 0.1) is 0 Å². The summed E-state index contributed by atoms with van der Waals surface area (Å²) in [6.07, 6.45) is 26.8. The molecule has 2 heterocycles. The van der Waals surface area contributed by atoms with Crippen LogP contribution in [0.2, 0.25) is 5.28 Å². The number of unbranched alkanes of at least 4 members (excludes halogenated alkanes) is 16. The molecular formula is C32H58ClN3O3. The van der Waals surface area contributed by atoms with Crippen molar-refractivity contribution in [3.05, 3.63) is 17.5 Å². The van der Waals surface area contributed by atoms with Gasteiger partial charge in [-0.3, -0.25) is 0 Å². The first-order valence-electron chi connectivity index (χ1n) is 16.3. The maximum absolute atomic E-state index is 10.6. The third-order valence-corrected chi connectivity index (χ3v) is 8.34. The molecule has 0 saturated carbocycles. The summed E-state index contributed by atoms with van der Waals surface area (Å²) in [5.41, 5.74) is 0. The molecule has 4 atom stereocenters. The normalized spacial score (nSPS) is 18.9. The number of aromatic nitrogens is 2. The monoisotopic (exact) mass is 567 g/mol. The average Bonchev–Trinajstić information content (AvgIpc) is 3.43. The summed E-state index contributed by atoms with van der Waals surface area (Å²) in [6, 6.07) is 1.84. The SMILES string of the molecule is CCCCCCCCCCC[C@@H](O)[C@H]1CCC([C@H](O)CCCCCCCCCCCNc2ccnc(Cl)n2)O1. The summed E-state index contributed by atoms with van der Waals surface area (Å²) >= 11 is 5.80. The Morgan fingerprint density at radius 2 is 1.23 bits per heavy atom. The Morgan fingerprint density at radius 1 is 0.769 bits per heavy atom. The van der Waals surface area contributed by atoms with Crippen LogP contribution < -0.4 is 5.32 Å².